The largest absolute Gasteiger partial charge is 0.494 e. The van der Waals surface area contributed by atoms with Gasteiger partial charge in [-0.15, -0.1) is 0 Å². The fourth-order valence-electron chi connectivity index (χ4n) is 1.75. The van der Waals surface area contributed by atoms with Gasteiger partial charge in [-0.25, -0.2) is 8.78 Å². The van der Waals surface area contributed by atoms with Gasteiger partial charge in [-0.1, -0.05) is 12.1 Å². The highest BCUT2D eigenvalue weighted by Crippen LogP contribution is 2.16. The van der Waals surface area contributed by atoms with E-state index in [1.807, 2.05) is 0 Å². The van der Waals surface area contributed by atoms with Crippen molar-refractivity contribution in [3.8, 4) is 5.75 Å². The minimum Gasteiger partial charge on any atom is -0.494 e. The van der Waals surface area contributed by atoms with Crippen LogP contribution in [0.5, 0.6) is 5.75 Å². The molecule has 0 aromatic heterocycles. The fraction of sp³-hybridized carbons (Fsp3) is 0.125. The molecule has 0 aliphatic carbocycles. The number of benzene rings is 2. The summed E-state index contributed by atoms with van der Waals surface area (Å²) < 4.78 is 31.1. The van der Waals surface area contributed by atoms with Crippen LogP contribution in [0.3, 0.4) is 0 Å². The molecule has 0 atom stereocenters. The van der Waals surface area contributed by atoms with Crippen LogP contribution in [0.25, 0.3) is 0 Å². The molecule has 0 aliphatic heterocycles. The van der Waals surface area contributed by atoms with Crippen molar-refractivity contribution in [1.29, 1.82) is 0 Å². The number of hydrazone groups is 1. The lowest BCUT2D eigenvalue weighted by Gasteiger charge is -2.07. The van der Waals surface area contributed by atoms with Crippen molar-refractivity contribution in [3.05, 3.63) is 65.2 Å². The summed E-state index contributed by atoms with van der Waals surface area (Å²) in [5.74, 6) is -0.578. The van der Waals surface area contributed by atoms with Gasteiger partial charge in [0.05, 0.1) is 13.3 Å². The summed E-state index contributed by atoms with van der Waals surface area (Å²) in [6, 6.07) is 10.6. The van der Waals surface area contributed by atoms with Gasteiger partial charge >= 0.3 is 0 Å². The molecule has 0 saturated carbocycles. The first-order chi connectivity index (χ1) is 11.1. The van der Waals surface area contributed by atoms with Gasteiger partial charge in [-0.2, -0.15) is 5.10 Å². The number of ether oxygens (including phenoxy) is 1. The van der Waals surface area contributed by atoms with Gasteiger partial charge in [0.25, 0.3) is 0 Å². The zero-order chi connectivity index (χ0) is 16.7. The molecular weight excluding hydrogens is 320 g/mol. The van der Waals surface area contributed by atoms with Gasteiger partial charge in [0.15, 0.2) is 16.7 Å². The van der Waals surface area contributed by atoms with Crippen LogP contribution in [-0.2, 0) is 6.54 Å². The standard InChI is InChI=1S/C16H15F2N3OS/c1-22-15-7-4-12(8-14(15)18)10-20-21-16(23)19-9-11-2-5-13(17)6-3-11/h2-8,10H,9H2,1H3,(H2,19,21,23)/b20-10-. The van der Waals surface area contributed by atoms with E-state index in [1.165, 1.54) is 37.6 Å². The first-order valence-corrected chi connectivity index (χ1v) is 7.14. The lowest BCUT2D eigenvalue weighted by Crippen LogP contribution is -2.31. The van der Waals surface area contributed by atoms with Crippen LogP contribution >= 0.6 is 12.2 Å². The van der Waals surface area contributed by atoms with Gasteiger partial charge < -0.3 is 10.1 Å². The molecule has 23 heavy (non-hydrogen) atoms. The number of rotatable bonds is 5. The van der Waals surface area contributed by atoms with E-state index in [0.29, 0.717) is 17.2 Å². The molecule has 0 radical (unpaired) electrons. The number of methoxy groups -OCH3 is 1. The zero-order valence-electron chi connectivity index (χ0n) is 12.3. The average molecular weight is 335 g/mol. The highest BCUT2D eigenvalue weighted by molar-refractivity contribution is 7.80. The van der Waals surface area contributed by atoms with Crippen molar-refractivity contribution in [3.63, 3.8) is 0 Å². The molecule has 2 N–H and O–H groups in total. The van der Waals surface area contributed by atoms with Crippen molar-refractivity contribution >= 4 is 23.5 Å². The van der Waals surface area contributed by atoms with Gasteiger partial charge in [-0.05, 0) is 53.7 Å². The van der Waals surface area contributed by atoms with E-state index in [1.54, 1.807) is 18.2 Å². The number of halogens is 2. The summed E-state index contributed by atoms with van der Waals surface area (Å²) in [4.78, 5) is 0. The molecule has 0 aliphatic rings. The van der Waals surface area contributed by atoms with Crippen molar-refractivity contribution in [2.75, 3.05) is 7.11 Å². The molecule has 0 spiro atoms. The molecular formula is C16H15F2N3OS. The third-order valence-electron chi connectivity index (χ3n) is 2.92. The zero-order valence-corrected chi connectivity index (χ0v) is 13.2. The monoisotopic (exact) mass is 335 g/mol. The van der Waals surface area contributed by atoms with Crippen LogP contribution in [-0.4, -0.2) is 18.4 Å². The number of thiocarbonyl (C=S) groups is 1. The van der Waals surface area contributed by atoms with Crippen molar-refractivity contribution < 1.29 is 13.5 Å². The van der Waals surface area contributed by atoms with Crippen molar-refractivity contribution in [1.82, 2.24) is 10.7 Å². The Bertz CT molecular complexity index is 705. The molecule has 120 valence electrons. The summed E-state index contributed by atoms with van der Waals surface area (Å²) in [5, 5.41) is 7.15. The molecule has 0 amide bonds. The molecule has 2 rings (SSSR count). The fourth-order valence-corrected chi connectivity index (χ4v) is 1.88. The molecule has 0 saturated heterocycles. The van der Waals surface area contributed by atoms with E-state index in [9.17, 15) is 8.78 Å². The van der Waals surface area contributed by atoms with Crippen LogP contribution < -0.4 is 15.5 Å². The van der Waals surface area contributed by atoms with Gasteiger partial charge in [0.1, 0.15) is 5.82 Å². The number of hydrogen-bond acceptors (Lipinski definition) is 3. The molecule has 4 nitrogen and oxygen atoms in total. The Morgan fingerprint density at radius 3 is 2.61 bits per heavy atom. The first kappa shape index (κ1) is 16.8. The first-order valence-electron chi connectivity index (χ1n) is 6.73. The minimum atomic E-state index is -0.464. The summed E-state index contributed by atoms with van der Waals surface area (Å²) in [6.07, 6.45) is 1.44. The second-order valence-corrected chi connectivity index (χ2v) is 4.98. The van der Waals surface area contributed by atoms with E-state index >= 15 is 0 Å². The summed E-state index contributed by atoms with van der Waals surface area (Å²) in [6.45, 7) is 0.443. The Morgan fingerprint density at radius 2 is 1.96 bits per heavy atom. The minimum absolute atomic E-state index is 0.173. The third kappa shape index (κ3) is 5.30. The number of nitrogens with zero attached hydrogens (tertiary/aromatic N) is 1. The van der Waals surface area contributed by atoms with E-state index < -0.39 is 5.82 Å². The van der Waals surface area contributed by atoms with Gasteiger partial charge in [0, 0.05) is 6.54 Å². The van der Waals surface area contributed by atoms with E-state index in [0.717, 1.165) is 5.56 Å². The Hall–Kier alpha value is -2.54. The van der Waals surface area contributed by atoms with E-state index in [2.05, 4.69) is 15.8 Å². The Morgan fingerprint density at radius 1 is 1.22 bits per heavy atom. The quantitative estimate of drug-likeness (QED) is 0.501. The normalized spacial score (nSPS) is 10.6. The van der Waals surface area contributed by atoms with Gasteiger partial charge in [-0.3, -0.25) is 5.43 Å². The maximum absolute atomic E-state index is 13.5. The van der Waals surface area contributed by atoms with Crippen LogP contribution in [0.1, 0.15) is 11.1 Å². The average Bonchev–Trinajstić information content (AvgIpc) is 2.54. The van der Waals surface area contributed by atoms with Crippen LogP contribution in [0, 0.1) is 11.6 Å². The van der Waals surface area contributed by atoms with Gasteiger partial charge in [0.2, 0.25) is 0 Å². The molecule has 0 heterocycles. The van der Waals surface area contributed by atoms with E-state index in [-0.39, 0.29) is 11.6 Å². The van der Waals surface area contributed by atoms with E-state index in [4.69, 9.17) is 17.0 Å². The van der Waals surface area contributed by atoms with Crippen molar-refractivity contribution in [2.24, 2.45) is 5.10 Å². The van der Waals surface area contributed by atoms with Crippen LogP contribution in [0.4, 0.5) is 8.78 Å². The topological polar surface area (TPSA) is 45.6 Å². The predicted octanol–water partition coefficient (Wildman–Crippen LogP) is 2.97. The highest BCUT2D eigenvalue weighted by Gasteiger charge is 2.01. The van der Waals surface area contributed by atoms with Crippen molar-refractivity contribution in [2.45, 2.75) is 6.54 Å². The summed E-state index contributed by atoms with van der Waals surface area (Å²) in [5.41, 5.74) is 4.08. The Kier molecular flexibility index (Phi) is 5.99. The maximum atomic E-state index is 13.5. The maximum Gasteiger partial charge on any atom is 0.187 e. The molecule has 0 unspecified atom stereocenters. The Labute approximate surface area is 138 Å². The lowest BCUT2D eigenvalue weighted by molar-refractivity contribution is 0.386. The number of nitrogens with one attached hydrogen (secondary N) is 2. The SMILES string of the molecule is COc1ccc(/C=N\NC(=S)NCc2ccc(F)cc2)cc1F. The molecule has 0 bridgehead atoms. The number of hydrogen-bond donors (Lipinski definition) is 2. The second kappa shape index (κ2) is 8.19. The smallest absolute Gasteiger partial charge is 0.187 e. The lowest BCUT2D eigenvalue weighted by atomic mass is 10.2. The Balaban J connectivity index is 1.81. The molecule has 2 aromatic carbocycles. The highest BCUT2D eigenvalue weighted by atomic mass is 32.1. The molecule has 7 heteroatoms. The third-order valence-corrected chi connectivity index (χ3v) is 3.16. The predicted molar refractivity (Wildman–Crippen MR) is 89.5 cm³/mol. The summed E-state index contributed by atoms with van der Waals surface area (Å²) in [7, 11) is 1.40. The second-order valence-electron chi connectivity index (χ2n) is 4.57. The molecule has 2 aromatic rings. The van der Waals surface area contributed by atoms with Crippen LogP contribution in [0.2, 0.25) is 0 Å². The van der Waals surface area contributed by atoms with Crippen LogP contribution in [0.15, 0.2) is 47.6 Å². The molecule has 0 fully saturated rings. The summed E-state index contributed by atoms with van der Waals surface area (Å²) >= 11 is 5.06.